The summed E-state index contributed by atoms with van der Waals surface area (Å²) in [4.78, 5) is 0.274. The van der Waals surface area contributed by atoms with Crippen molar-refractivity contribution in [3.63, 3.8) is 0 Å². The van der Waals surface area contributed by atoms with Crippen LogP contribution in [0.25, 0.3) is 0 Å². The number of rotatable bonds is 4. The lowest BCUT2D eigenvalue weighted by molar-refractivity contribution is 0.261. The predicted octanol–water partition coefficient (Wildman–Crippen LogP) is 3.79. The SMILES string of the molecule is CCN(C1CCCCC1)S(=O)(=O)c1c(C)cc(F)cc1C. The van der Waals surface area contributed by atoms with Crippen molar-refractivity contribution in [1.82, 2.24) is 4.31 Å². The molecule has 1 aromatic rings. The van der Waals surface area contributed by atoms with E-state index >= 15 is 0 Å². The Hall–Kier alpha value is -0.940. The minimum absolute atomic E-state index is 0.0811. The van der Waals surface area contributed by atoms with Crippen LogP contribution in [-0.4, -0.2) is 25.3 Å². The van der Waals surface area contributed by atoms with Gasteiger partial charge in [-0.1, -0.05) is 26.2 Å². The lowest BCUT2D eigenvalue weighted by Gasteiger charge is -2.33. The van der Waals surface area contributed by atoms with E-state index in [4.69, 9.17) is 0 Å². The van der Waals surface area contributed by atoms with E-state index in [0.29, 0.717) is 17.7 Å². The Morgan fingerprint density at radius 3 is 2.14 bits per heavy atom. The average molecular weight is 313 g/mol. The molecule has 21 heavy (non-hydrogen) atoms. The van der Waals surface area contributed by atoms with Gasteiger partial charge in [-0.15, -0.1) is 0 Å². The van der Waals surface area contributed by atoms with Crippen molar-refractivity contribution in [2.45, 2.75) is 63.8 Å². The van der Waals surface area contributed by atoms with Gasteiger partial charge in [0.1, 0.15) is 5.82 Å². The van der Waals surface area contributed by atoms with E-state index in [1.165, 1.54) is 18.6 Å². The maximum absolute atomic E-state index is 13.4. The summed E-state index contributed by atoms with van der Waals surface area (Å²) in [6.45, 7) is 5.67. The van der Waals surface area contributed by atoms with Crippen molar-refractivity contribution in [2.75, 3.05) is 6.54 Å². The summed E-state index contributed by atoms with van der Waals surface area (Å²) in [6.07, 6.45) is 5.19. The van der Waals surface area contributed by atoms with Gasteiger partial charge in [-0.05, 0) is 49.9 Å². The highest BCUT2D eigenvalue weighted by Crippen LogP contribution is 2.30. The van der Waals surface area contributed by atoms with Crippen molar-refractivity contribution in [3.05, 3.63) is 29.1 Å². The van der Waals surface area contributed by atoms with Crippen LogP contribution in [-0.2, 0) is 10.0 Å². The highest BCUT2D eigenvalue weighted by atomic mass is 32.2. The van der Waals surface area contributed by atoms with E-state index in [1.807, 2.05) is 6.92 Å². The van der Waals surface area contributed by atoms with Gasteiger partial charge in [0.05, 0.1) is 4.90 Å². The molecule has 0 spiro atoms. The molecule has 0 unspecified atom stereocenters. The van der Waals surface area contributed by atoms with Crippen LogP contribution >= 0.6 is 0 Å². The van der Waals surface area contributed by atoms with Crippen LogP contribution in [0, 0.1) is 19.7 Å². The first-order chi connectivity index (χ1) is 9.87. The first-order valence-electron chi connectivity index (χ1n) is 7.66. The maximum atomic E-state index is 13.4. The van der Waals surface area contributed by atoms with Crippen molar-refractivity contribution in [2.24, 2.45) is 0 Å². The lowest BCUT2D eigenvalue weighted by atomic mass is 9.95. The number of benzene rings is 1. The summed E-state index contributed by atoms with van der Waals surface area (Å²) in [5.41, 5.74) is 0.975. The summed E-state index contributed by atoms with van der Waals surface area (Å²) in [5, 5.41) is 0. The third kappa shape index (κ3) is 3.29. The molecule has 1 aliphatic carbocycles. The standard InChI is InChI=1S/C16H24FNO2S/c1-4-18(15-8-6-5-7-9-15)21(19,20)16-12(2)10-14(17)11-13(16)3/h10-11,15H,4-9H2,1-3H3. The topological polar surface area (TPSA) is 37.4 Å². The summed E-state index contributed by atoms with van der Waals surface area (Å²) >= 11 is 0. The number of nitrogens with zero attached hydrogens (tertiary/aromatic N) is 1. The van der Waals surface area contributed by atoms with Gasteiger partial charge in [0.2, 0.25) is 10.0 Å². The Bertz CT molecular complexity index is 584. The molecule has 0 saturated heterocycles. The van der Waals surface area contributed by atoms with E-state index in [0.717, 1.165) is 25.7 Å². The van der Waals surface area contributed by atoms with Gasteiger partial charge >= 0.3 is 0 Å². The Morgan fingerprint density at radius 2 is 1.67 bits per heavy atom. The van der Waals surface area contributed by atoms with E-state index in [1.54, 1.807) is 18.2 Å². The molecule has 118 valence electrons. The second kappa shape index (κ2) is 6.44. The zero-order valence-electron chi connectivity index (χ0n) is 13.0. The normalized spacial score (nSPS) is 17.4. The number of aryl methyl sites for hydroxylation is 2. The largest absolute Gasteiger partial charge is 0.243 e. The third-order valence-corrected chi connectivity index (χ3v) is 6.62. The van der Waals surface area contributed by atoms with Crippen LogP contribution < -0.4 is 0 Å². The monoisotopic (exact) mass is 313 g/mol. The van der Waals surface area contributed by atoms with Crippen molar-refractivity contribution in [3.8, 4) is 0 Å². The van der Waals surface area contributed by atoms with Crippen LogP contribution in [0.4, 0.5) is 4.39 Å². The molecule has 1 fully saturated rings. The smallest absolute Gasteiger partial charge is 0.207 e. The maximum Gasteiger partial charge on any atom is 0.243 e. The van der Waals surface area contributed by atoms with Crippen LogP contribution in [0.1, 0.15) is 50.2 Å². The summed E-state index contributed by atoms with van der Waals surface area (Å²) in [6, 6.07) is 2.68. The molecule has 0 amide bonds. The molecule has 0 bridgehead atoms. The number of halogens is 1. The van der Waals surface area contributed by atoms with Gasteiger partial charge in [0, 0.05) is 12.6 Å². The molecule has 1 aromatic carbocycles. The second-order valence-corrected chi connectivity index (χ2v) is 7.70. The fourth-order valence-corrected chi connectivity index (χ4v) is 5.52. The van der Waals surface area contributed by atoms with Gasteiger partial charge in [-0.25, -0.2) is 12.8 Å². The fourth-order valence-electron chi connectivity index (χ4n) is 3.41. The molecule has 1 saturated carbocycles. The molecule has 0 aromatic heterocycles. The molecular weight excluding hydrogens is 289 g/mol. The van der Waals surface area contributed by atoms with Crippen molar-refractivity contribution < 1.29 is 12.8 Å². The highest BCUT2D eigenvalue weighted by molar-refractivity contribution is 7.89. The minimum atomic E-state index is -3.56. The van der Waals surface area contributed by atoms with Gasteiger partial charge in [0.15, 0.2) is 0 Å². The number of hydrogen-bond acceptors (Lipinski definition) is 2. The predicted molar refractivity (Wildman–Crippen MR) is 82.3 cm³/mol. The van der Waals surface area contributed by atoms with Crippen molar-refractivity contribution in [1.29, 1.82) is 0 Å². The Labute approximate surface area is 127 Å². The first kappa shape index (κ1) is 16.4. The second-order valence-electron chi connectivity index (χ2n) is 5.87. The molecule has 0 radical (unpaired) electrons. The Balaban J connectivity index is 2.44. The summed E-state index contributed by atoms with van der Waals surface area (Å²) < 4.78 is 41.1. The quantitative estimate of drug-likeness (QED) is 0.848. The van der Waals surface area contributed by atoms with Crippen LogP contribution in [0.2, 0.25) is 0 Å². The van der Waals surface area contributed by atoms with Gasteiger partial charge in [-0.3, -0.25) is 0 Å². The van der Waals surface area contributed by atoms with Gasteiger partial charge < -0.3 is 0 Å². The summed E-state index contributed by atoms with van der Waals surface area (Å²) in [5.74, 6) is -0.385. The van der Waals surface area contributed by atoms with E-state index in [2.05, 4.69) is 0 Å². The summed E-state index contributed by atoms with van der Waals surface area (Å²) in [7, 11) is -3.56. The molecular formula is C16H24FNO2S. The van der Waals surface area contributed by atoms with Gasteiger partial charge in [-0.2, -0.15) is 4.31 Å². The van der Waals surface area contributed by atoms with Crippen molar-refractivity contribution >= 4 is 10.0 Å². The highest BCUT2D eigenvalue weighted by Gasteiger charge is 2.33. The van der Waals surface area contributed by atoms with E-state index in [9.17, 15) is 12.8 Å². The van der Waals surface area contributed by atoms with E-state index < -0.39 is 10.0 Å². The molecule has 2 rings (SSSR count). The Morgan fingerprint density at radius 1 is 1.14 bits per heavy atom. The molecule has 3 nitrogen and oxygen atoms in total. The van der Waals surface area contributed by atoms with Crippen LogP contribution in [0.3, 0.4) is 0 Å². The zero-order chi connectivity index (χ0) is 15.6. The minimum Gasteiger partial charge on any atom is -0.207 e. The van der Waals surface area contributed by atoms with E-state index in [-0.39, 0.29) is 16.8 Å². The van der Waals surface area contributed by atoms with Crippen LogP contribution in [0.15, 0.2) is 17.0 Å². The zero-order valence-corrected chi connectivity index (χ0v) is 13.8. The Kier molecular flexibility index (Phi) is 5.04. The molecule has 0 aliphatic heterocycles. The first-order valence-corrected chi connectivity index (χ1v) is 9.10. The number of hydrogen-bond donors (Lipinski definition) is 0. The molecule has 5 heteroatoms. The third-order valence-electron chi connectivity index (χ3n) is 4.29. The molecule has 1 aliphatic rings. The fraction of sp³-hybridized carbons (Fsp3) is 0.625. The average Bonchev–Trinajstić information content (AvgIpc) is 2.38. The molecule has 0 heterocycles. The molecule has 0 N–H and O–H groups in total. The number of sulfonamides is 1. The van der Waals surface area contributed by atoms with Gasteiger partial charge in [0.25, 0.3) is 0 Å². The molecule has 0 atom stereocenters. The lowest BCUT2D eigenvalue weighted by Crippen LogP contribution is -2.41. The van der Waals surface area contributed by atoms with Crippen LogP contribution in [0.5, 0.6) is 0 Å².